The normalized spacial score (nSPS) is 21.3. The summed E-state index contributed by atoms with van der Waals surface area (Å²) in [4.78, 5) is 36.1. The Balaban J connectivity index is 1.61. The lowest BCUT2D eigenvalue weighted by Crippen LogP contribution is -2.57. The summed E-state index contributed by atoms with van der Waals surface area (Å²) in [6, 6.07) is 9.19. The minimum Gasteiger partial charge on any atom is -0.509 e. The van der Waals surface area contributed by atoms with Crippen LogP contribution in [0.3, 0.4) is 0 Å². The molecule has 3 heterocycles. The van der Waals surface area contributed by atoms with E-state index in [-0.39, 0.29) is 17.3 Å². The summed E-state index contributed by atoms with van der Waals surface area (Å²) in [5, 5.41) is 16.6. The number of rotatable bonds is 4. The number of nitrogens with zero attached hydrogens (tertiary/aromatic N) is 3. The van der Waals surface area contributed by atoms with Crippen molar-refractivity contribution in [2.24, 2.45) is 0 Å². The highest BCUT2D eigenvalue weighted by molar-refractivity contribution is 6.25. The van der Waals surface area contributed by atoms with Gasteiger partial charge in [0.25, 0.3) is 11.8 Å². The van der Waals surface area contributed by atoms with Gasteiger partial charge in [-0.05, 0) is 36.5 Å². The number of anilines is 2. The Hall–Kier alpha value is -3.42. The van der Waals surface area contributed by atoms with E-state index in [2.05, 4.69) is 20.6 Å². The van der Waals surface area contributed by atoms with Gasteiger partial charge in [0.2, 0.25) is 5.95 Å². The van der Waals surface area contributed by atoms with Gasteiger partial charge >= 0.3 is 0 Å². The number of carbonyl (C=O) groups is 2. The number of benzene rings is 1. The molecule has 1 aromatic carbocycles. The van der Waals surface area contributed by atoms with Gasteiger partial charge in [0.1, 0.15) is 16.9 Å². The highest BCUT2D eigenvalue weighted by Crippen LogP contribution is 2.35. The standard InChI is InChI=1S/C22H25N5O3/c1-14(2)15-7-3-4-8-16(15)25-19(29)17-18(28)22(26-20(17)30)9-5-12-27(13-22)21-23-10-6-11-24-21/h3-4,6-8,10-11,14,28H,5,9,12-13H2,1-2H3,(H,25,29)(H,26,30). The lowest BCUT2D eigenvalue weighted by molar-refractivity contribution is -0.121. The molecular formula is C22H25N5O3. The lowest BCUT2D eigenvalue weighted by atomic mass is 9.87. The molecule has 0 bridgehead atoms. The van der Waals surface area contributed by atoms with Crippen LogP contribution in [0.1, 0.15) is 38.2 Å². The summed E-state index contributed by atoms with van der Waals surface area (Å²) >= 11 is 0. The molecule has 2 aromatic rings. The minimum atomic E-state index is -1.02. The number of piperidine rings is 1. The fourth-order valence-electron chi connectivity index (χ4n) is 4.17. The van der Waals surface area contributed by atoms with Crippen molar-refractivity contribution < 1.29 is 14.7 Å². The zero-order chi connectivity index (χ0) is 21.3. The molecule has 1 atom stereocenters. The van der Waals surface area contributed by atoms with Crippen LogP contribution in [-0.2, 0) is 9.59 Å². The second-order valence-corrected chi connectivity index (χ2v) is 8.03. The highest BCUT2D eigenvalue weighted by Gasteiger charge is 2.50. The summed E-state index contributed by atoms with van der Waals surface area (Å²) in [5.41, 5.74) is 0.349. The first kappa shape index (κ1) is 19.9. The van der Waals surface area contributed by atoms with Gasteiger partial charge in [-0.3, -0.25) is 9.59 Å². The fraction of sp³-hybridized carbons (Fsp3) is 0.364. The molecule has 8 nitrogen and oxygen atoms in total. The number of aliphatic hydroxyl groups excluding tert-OH is 1. The molecule has 0 saturated carbocycles. The quantitative estimate of drug-likeness (QED) is 0.673. The van der Waals surface area contributed by atoms with Crippen molar-refractivity contribution >= 4 is 23.5 Å². The van der Waals surface area contributed by atoms with Crippen LogP contribution in [0.4, 0.5) is 11.6 Å². The topological polar surface area (TPSA) is 107 Å². The molecular weight excluding hydrogens is 382 g/mol. The molecule has 1 aromatic heterocycles. The molecule has 0 aliphatic carbocycles. The number of amides is 2. The van der Waals surface area contributed by atoms with Crippen molar-refractivity contribution in [1.29, 1.82) is 0 Å². The molecule has 2 aliphatic heterocycles. The van der Waals surface area contributed by atoms with Crippen LogP contribution in [0.2, 0.25) is 0 Å². The maximum atomic E-state index is 13.0. The van der Waals surface area contributed by atoms with Crippen LogP contribution in [0.25, 0.3) is 0 Å². The van der Waals surface area contributed by atoms with Gasteiger partial charge in [0.15, 0.2) is 0 Å². The largest absolute Gasteiger partial charge is 0.509 e. The maximum absolute atomic E-state index is 13.0. The molecule has 1 saturated heterocycles. The van der Waals surface area contributed by atoms with Gasteiger partial charge in [0, 0.05) is 24.6 Å². The predicted octanol–water partition coefficient (Wildman–Crippen LogP) is 2.52. The highest BCUT2D eigenvalue weighted by atomic mass is 16.3. The number of carbonyl (C=O) groups excluding carboxylic acids is 2. The first-order valence-corrected chi connectivity index (χ1v) is 10.1. The van der Waals surface area contributed by atoms with Crippen LogP contribution in [0, 0.1) is 0 Å². The number of aliphatic hydroxyl groups is 1. The van der Waals surface area contributed by atoms with E-state index in [4.69, 9.17) is 0 Å². The number of nitrogens with one attached hydrogen (secondary N) is 2. The zero-order valence-electron chi connectivity index (χ0n) is 17.1. The van der Waals surface area contributed by atoms with Crippen LogP contribution in [0.15, 0.2) is 54.1 Å². The molecule has 156 valence electrons. The van der Waals surface area contributed by atoms with Crippen molar-refractivity contribution in [1.82, 2.24) is 15.3 Å². The Morgan fingerprint density at radius 2 is 1.97 bits per heavy atom. The molecule has 4 rings (SSSR count). The fourth-order valence-corrected chi connectivity index (χ4v) is 4.17. The van der Waals surface area contributed by atoms with Gasteiger partial charge in [-0.15, -0.1) is 0 Å². The van der Waals surface area contributed by atoms with E-state index >= 15 is 0 Å². The van der Waals surface area contributed by atoms with E-state index in [0.29, 0.717) is 37.6 Å². The van der Waals surface area contributed by atoms with E-state index < -0.39 is 17.4 Å². The molecule has 30 heavy (non-hydrogen) atoms. The minimum absolute atomic E-state index is 0.200. The third-order valence-electron chi connectivity index (χ3n) is 5.66. The molecule has 1 fully saturated rings. The van der Waals surface area contributed by atoms with Crippen molar-refractivity contribution in [2.45, 2.75) is 38.1 Å². The first-order valence-electron chi connectivity index (χ1n) is 10.1. The molecule has 2 aliphatic rings. The number of aromatic nitrogens is 2. The van der Waals surface area contributed by atoms with Crippen molar-refractivity contribution in [3.05, 3.63) is 59.6 Å². The van der Waals surface area contributed by atoms with E-state index in [9.17, 15) is 14.7 Å². The summed E-state index contributed by atoms with van der Waals surface area (Å²) in [5.74, 6) is -0.661. The van der Waals surface area contributed by atoms with Crippen LogP contribution in [-0.4, -0.2) is 45.5 Å². The summed E-state index contributed by atoms with van der Waals surface area (Å²) in [6.07, 6.45) is 4.55. The smallest absolute Gasteiger partial charge is 0.264 e. The molecule has 1 unspecified atom stereocenters. The van der Waals surface area contributed by atoms with Gasteiger partial charge in [-0.25, -0.2) is 9.97 Å². The van der Waals surface area contributed by atoms with E-state index in [0.717, 1.165) is 5.56 Å². The van der Waals surface area contributed by atoms with Gasteiger partial charge in [-0.2, -0.15) is 0 Å². The molecule has 3 N–H and O–H groups in total. The Kier molecular flexibility index (Phi) is 5.15. The van der Waals surface area contributed by atoms with Gasteiger partial charge in [0.05, 0.1) is 6.54 Å². The Labute approximate surface area is 175 Å². The maximum Gasteiger partial charge on any atom is 0.264 e. The SMILES string of the molecule is CC(C)c1ccccc1NC(=O)C1=C(O)C2(CCCN(c3ncccn3)C2)NC1=O. The summed E-state index contributed by atoms with van der Waals surface area (Å²) < 4.78 is 0. The molecule has 2 amide bonds. The third-order valence-corrected chi connectivity index (χ3v) is 5.66. The first-order chi connectivity index (χ1) is 14.4. The average Bonchev–Trinajstić information content (AvgIpc) is 2.98. The summed E-state index contributed by atoms with van der Waals surface area (Å²) in [7, 11) is 0. The monoisotopic (exact) mass is 407 g/mol. The van der Waals surface area contributed by atoms with Crippen molar-refractivity contribution in [3.8, 4) is 0 Å². The molecule has 1 spiro atoms. The van der Waals surface area contributed by atoms with Gasteiger partial charge < -0.3 is 20.6 Å². The van der Waals surface area contributed by atoms with E-state index in [1.165, 1.54) is 0 Å². The second kappa shape index (κ2) is 7.78. The van der Waals surface area contributed by atoms with E-state index in [1.807, 2.05) is 36.9 Å². The Bertz CT molecular complexity index is 1000. The van der Waals surface area contributed by atoms with Crippen LogP contribution < -0.4 is 15.5 Å². The Morgan fingerprint density at radius 3 is 2.70 bits per heavy atom. The number of para-hydroxylation sites is 1. The third kappa shape index (κ3) is 3.49. The average molecular weight is 407 g/mol. The van der Waals surface area contributed by atoms with E-state index in [1.54, 1.807) is 24.5 Å². The molecule has 8 heteroatoms. The number of hydrogen-bond donors (Lipinski definition) is 3. The zero-order valence-corrected chi connectivity index (χ0v) is 17.1. The summed E-state index contributed by atoms with van der Waals surface area (Å²) in [6.45, 7) is 5.06. The Morgan fingerprint density at radius 1 is 1.23 bits per heavy atom. The van der Waals surface area contributed by atoms with Crippen molar-refractivity contribution in [2.75, 3.05) is 23.3 Å². The van der Waals surface area contributed by atoms with Gasteiger partial charge in [-0.1, -0.05) is 32.0 Å². The van der Waals surface area contributed by atoms with Crippen molar-refractivity contribution in [3.63, 3.8) is 0 Å². The number of hydrogen-bond acceptors (Lipinski definition) is 6. The predicted molar refractivity (Wildman–Crippen MR) is 113 cm³/mol. The van der Waals surface area contributed by atoms with Crippen LogP contribution in [0.5, 0.6) is 0 Å². The van der Waals surface area contributed by atoms with Crippen LogP contribution >= 0.6 is 0 Å². The lowest BCUT2D eigenvalue weighted by Gasteiger charge is -2.40. The second-order valence-electron chi connectivity index (χ2n) is 8.03. The molecule has 0 radical (unpaired) electrons.